The highest BCUT2D eigenvalue weighted by molar-refractivity contribution is 6.77. The Morgan fingerprint density at radius 3 is 2.04 bits per heavy atom. The van der Waals surface area contributed by atoms with Crippen molar-refractivity contribution in [3.63, 3.8) is 0 Å². The van der Waals surface area contributed by atoms with E-state index in [1.54, 1.807) is 0 Å². The maximum atomic E-state index is 5.87. The zero-order chi connectivity index (χ0) is 18.1. The van der Waals surface area contributed by atoms with Gasteiger partial charge in [-0.2, -0.15) is 0 Å². The molecule has 0 amide bonds. The van der Waals surface area contributed by atoms with Gasteiger partial charge in [-0.15, -0.1) is 0 Å². The smallest absolute Gasteiger partial charge is 0.142 e. The molecule has 0 saturated carbocycles. The van der Waals surface area contributed by atoms with Crippen LogP contribution in [0.5, 0.6) is 0 Å². The Hall–Kier alpha value is 0.274. The van der Waals surface area contributed by atoms with E-state index in [4.69, 9.17) is 9.47 Å². The van der Waals surface area contributed by atoms with Gasteiger partial charge in [0.25, 0.3) is 0 Å². The Kier molecular flexibility index (Phi) is 10.3. The van der Waals surface area contributed by atoms with Crippen LogP contribution < -0.4 is 0 Å². The lowest BCUT2D eigenvalue weighted by Crippen LogP contribution is -2.51. The van der Waals surface area contributed by atoms with Crippen molar-refractivity contribution in [3.05, 3.63) is 0 Å². The minimum Gasteiger partial charge on any atom is -0.355 e. The van der Waals surface area contributed by atoms with Gasteiger partial charge in [0, 0.05) is 33.0 Å². The molecule has 144 valence electrons. The monoisotopic (exact) mass is 374 g/mol. The lowest BCUT2D eigenvalue weighted by atomic mass is 10.4. The summed E-state index contributed by atoms with van der Waals surface area (Å²) < 4.78 is 14.6. The molecular formula is C18H42N2O2Si2. The predicted octanol–water partition coefficient (Wildman–Crippen LogP) is 3.29. The molecule has 6 heteroatoms. The average molecular weight is 375 g/mol. The van der Waals surface area contributed by atoms with Crippen LogP contribution in [0.3, 0.4) is 0 Å². The van der Waals surface area contributed by atoms with E-state index in [2.05, 4.69) is 51.0 Å². The molecule has 0 atom stereocenters. The quantitative estimate of drug-likeness (QED) is 0.280. The number of rotatable bonds is 13. The first kappa shape index (κ1) is 22.3. The van der Waals surface area contributed by atoms with Crippen LogP contribution in [0.25, 0.3) is 0 Å². The molecule has 1 saturated heterocycles. The van der Waals surface area contributed by atoms with E-state index in [-0.39, 0.29) is 14.9 Å². The van der Waals surface area contributed by atoms with Crippen LogP contribution in [-0.4, -0.2) is 72.1 Å². The van der Waals surface area contributed by atoms with Gasteiger partial charge in [0.2, 0.25) is 0 Å². The zero-order valence-corrected chi connectivity index (χ0v) is 19.6. The fourth-order valence-electron chi connectivity index (χ4n) is 4.21. The lowest BCUT2D eigenvalue weighted by molar-refractivity contribution is -0.163. The van der Waals surface area contributed by atoms with E-state index in [0.717, 1.165) is 13.2 Å². The van der Waals surface area contributed by atoms with E-state index >= 15 is 0 Å². The van der Waals surface area contributed by atoms with Crippen molar-refractivity contribution in [1.29, 1.82) is 0 Å². The van der Waals surface area contributed by atoms with Crippen LogP contribution in [0.1, 0.15) is 48.0 Å². The summed E-state index contributed by atoms with van der Waals surface area (Å²) in [6.07, 6.45) is 1.30. The molecule has 1 aliphatic heterocycles. The fraction of sp³-hybridized carbons (Fsp3) is 1.00. The summed E-state index contributed by atoms with van der Waals surface area (Å²) in [5.41, 5.74) is -0.255. The molecule has 1 heterocycles. The minimum absolute atomic E-state index is 0.255. The van der Waals surface area contributed by atoms with Crippen LogP contribution in [0, 0.1) is 0 Å². The van der Waals surface area contributed by atoms with E-state index in [0.29, 0.717) is 0 Å². The molecule has 1 fully saturated rings. The molecule has 0 aromatic heterocycles. The molecule has 4 nitrogen and oxygen atoms in total. The molecular weight excluding hydrogens is 332 g/mol. The summed E-state index contributed by atoms with van der Waals surface area (Å²) in [5.74, 6) is 0. The molecule has 0 aromatic carbocycles. The second-order valence-corrected chi connectivity index (χ2v) is 15.0. The van der Waals surface area contributed by atoms with E-state index < -0.39 is 8.24 Å². The zero-order valence-electron chi connectivity index (χ0n) is 17.2. The molecule has 0 aliphatic carbocycles. The maximum absolute atomic E-state index is 5.87. The van der Waals surface area contributed by atoms with Crippen molar-refractivity contribution < 1.29 is 9.47 Å². The summed E-state index contributed by atoms with van der Waals surface area (Å²) in [6.45, 7) is 20.1. The van der Waals surface area contributed by atoms with Crippen molar-refractivity contribution >= 4 is 17.8 Å². The number of hydrogen-bond donors (Lipinski definition) is 0. The molecule has 0 radical (unpaired) electrons. The fourth-order valence-corrected chi connectivity index (χ4v) is 9.94. The Bertz CT molecular complexity index is 327. The Morgan fingerprint density at radius 2 is 1.54 bits per heavy atom. The Labute approximate surface area is 154 Å². The van der Waals surface area contributed by atoms with Crippen LogP contribution in [-0.2, 0) is 9.47 Å². The van der Waals surface area contributed by atoms with Gasteiger partial charge in [-0.3, -0.25) is 4.90 Å². The summed E-state index contributed by atoms with van der Waals surface area (Å²) in [6, 6.07) is 5.52. The molecule has 0 aromatic rings. The SMILES string of the molecule is CCOC(C)(OCC)[SiH2]CCCN1CCN([Si](CC)(CC)CC)C1. The van der Waals surface area contributed by atoms with Gasteiger partial charge in [0.15, 0.2) is 0 Å². The van der Waals surface area contributed by atoms with E-state index in [9.17, 15) is 0 Å². The highest BCUT2D eigenvalue weighted by atomic mass is 28.3. The highest BCUT2D eigenvalue weighted by Gasteiger charge is 2.37. The van der Waals surface area contributed by atoms with Crippen LogP contribution in [0.15, 0.2) is 0 Å². The topological polar surface area (TPSA) is 24.9 Å². The average Bonchev–Trinajstić information content (AvgIpc) is 3.04. The van der Waals surface area contributed by atoms with Crippen molar-refractivity contribution in [2.24, 2.45) is 0 Å². The first-order chi connectivity index (χ1) is 11.5. The molecule has 0 unspecified atom stereocenters. The largest absolute Gasteiger partial charge is 0.355 e. The maximum Gasteiger partial charge on any atom is 0.142 e. The van der Waals surface area contributed by atoms with Gasteiger partial charge in [-0.1, -0.05) is 26.8 Å². The number of nitrogens with zero attached hydrogens (tertiary/aromatic N) is 2. The standard InChI is InChI=1S/C18H42N2O2Si2/c1-7-21-18(6,22-8-2)23-16-12-13-19-14-15-20(17-19)24(9-3,10-4)11-5/h7-17,23H2,1-6H3. The third kappa shape index (κ3) is 6.21. The van der Waals surface area contributed by atoms with Crippen molar-refractivity contribution in [2.75, 3.05) is 39.5 Å². The van der Waals surface area contributed by atoms with Crippen LogP contribution in [0.4, 0.5) is 0 Å². The second-order valence-electron chi connectivity index (χ2n) is 7.26. The van der Waals surface area contributed by atoms with Crippen LogP contribution >= 0.6 is 0 Å². The summed E-state index contributed by atoms with van der Waals surface area (Å²) in [5, 5.41) is 0. The summed E-state index contributed by atoms with van der Waals surface area (Å²) >= 11 is 0. The number of hydrogen-bond acceptors (Lipinski definition) is 4. The summed E-state index contributed by atoms with van der Waals surface area (Å²) in [4.78, 5) is 2.68. The predicted molar refractivity (Wildman–Crippen MR) is 110 cm³/mol. The van der Waals surface area contributed by atoms with Crippen molar-refractivity contribution in [2.45, 2.75) is 77.6 Å². The number of ether oxygens (including phenoxy) is 2. The Morgan fingerprint density at radius 1 is 0.958 bits per heavy atom. The van der Waals surface area contributed by atoms with Gasteiger partial charge in [0.1, 0.15) is 13.6 Å². The first-order valence-corrected chi connectivity index (χ1v) is 14.5. The third-order valence-electron chi connectivity index (χ3n) is 5.96. The van der Waals surface area contributed by atoms with Gasteiger partial charge < -0.3 is 14.0 Å². The van der Waals surface area contributed by atoms with E-state index in [1.807, 2.05) is 0 Å². The minimum atomic E-state index is -1.16. The van der Waals surface area contributed by atoms with Crippen molar-refractivity contribution in [3.8, 4) is 0 Å². The lowest BCUT2D eigenvalue weighted by Gasteiger charge is -2.38. The molecule has 0 spiro atoms. The third-order valence-corrected chi connectivity index (χ3v) is 13.8. The molecule has 0 bridgehead atoms. The second kappa shape index (κ2) is 11.1. The Balaban J connectivity index is 2.34. The van der Waals surface area contributed by atoms with Gasteiger partial charge >= 0.3 is 0 Å². The highest BCUT2D eigenvalue weighted by Crippen LogP contribution is 2.27. The van der Waals surface area contributed by atoms with Crippen LogP contribution in [0.2, 0.25) is 24.2 Å². The first-order valence-electron chi connectivity index (χ1n) is 10.2. The normalized spacial score (nSPS) is 18.2. The van der Waals surface area contributed by atoms with Gasteiger partial charge in [-0.25, -0.2) is 0 Å². The van der Waals surface area contributed by atoms with E-state index in [1.165, 1.54) is 56.9 Å². The van der Waals surface area contributed by atoms with Gasteiger partial charge in [-0.05, 0) is 51.9 Å². The molecule has 1 rings (SSSR count). The summed E-state index contributed by atoms with van der Waals surface area (Å²) in [7, 11) is -1.53. The van der Waals surface area contributed by atoms with Gasteiger partial charge in [0.05, 0.1) is 9.52 Å². The molecule has 0 N–H and O–H groups in total. The van der Waals surface area contributed by atoms with Crippen molar-refractivity contribution in [1.82, 2.24) is 9.47 Å². The molecule has 24 heavy (non-hydrogen) atoms. The molecule has 1 aliphatic rings.